The highest BCUT2D eigenvalue weighted by Gasteiger charge is 2.07. The largest absolute Gasteiger partial charge is 0.395 e. The van der Waals surface area contributed by atoms with Crippen LogP contribution in [-0.4, -0.2) is 46.9 Å². The summed E-state index contributed by atoms with van der Waals surface area (Å²) in [7, 11) is 1.74. The Balaban J connectivity index is 0.000000319. The number of nitrogens with one attached hydrogen (secondary N) is 1. The standard InChI is InChI=1S/C13H15N3O2.C11H14N2.C2H6/c1-16(7-8-17)13(15-9-12(14)10-18)11-5-3-2-4-6-11;1-2-3-4-10-7-9-8-12-6-5-11(9)13-10;1-2/h2-6,8-10H,7,14H2,1H3;5-8,13H,2-4H2,1H3;1-2H3/b12-9+,15-13?;;. The number of aliphatic imine (C=N–C) groups is 1. The first-order valence-electron chi connectivity index (χ1n) is 11.2. The summed E-state index contributed by atoms with van der Waals surface area (Å²) in [5.74, 6) is 0.576. The van der Waals surface area contributed by atoms with E-state index in [9.17, 15) is 9.59 Å². The summed E-state index contributed by atoms with van der Waals surface area (Å²) in [5.41, 5.74) is 8.77. The number of aromatic nitrogens is 2. The van der Waals surface area contributed by atoms with E-state index in [4.69, 9.17) is 5.73 Å². The highest BCUT2D eigenvalue weighted by Crippen LogP contribution is 2.14. The van der Waals surface area contributed by atoms with E-state index in [0.717, 1.165) is 18.3 Å². The van der Waals surface area contributed by atoms with E-state index >= 15 is 0 Å². The second-order valence-electron chi connectivity index (χ2n) is 6.97. The summed E-state index contributed by atoms with van der Waals surface area (Å²) >= 11 is 0. The van der Waals surface area contributed by atoms with E-state index in [1.165, 1.54) is 35.6 Å². The number of hydrogen-bond acceptors (Lipinski definition) is 5. The number of fused-ring (bicyclic) bond motifs is 1. The van der Waals surface area contributed by atoms with E-state index in [-0.39, 0.29) is 12.2 Å². The molecule has 1 aromatic carbocycles. The molecule has 7 nitrogen and oxygen atoms in total. The number of aryl methyl sites for hydroxylation is 1. The second kappa shape index (κ2) is 16.0. The van der Waals surface area contributed by atoms with Crippen molar-refractivity contribution in [2.24, 2.45) is 10.7 Å². The van der Waals surface area contributed by atoms with Gasteiger partial charge in [0.1, 0.15) is 12.1 Å². The van der Waals surface area contributed by atoms with Crippen LogP contribution in [0.25, 0.3) is 10.9 Å². The molecule has 3 rings (SSSR count). The number of rotatable bonds is 8. The molecule has 0 spiro atoms. The van der Waals surface area contributed by atoms with Crippen molar-refractivity contribution in [3.8, 4) is 0 Å². The molecule has 0 radical (unpaired) electrons. The van der Waals surface area contributed by atoms with Crippen molar-refractivity contribution in [3.63, 3.8) is 0 Å². The first kappa shape index (κ1) is 27.3. The third-order valence-electron chi connectivity index (χ3n) is 4.49. The lowest BCUT2D eigenvalue weighted by atomic mass is 10.2. The molecule has 0 saturated carbocycles. The van der Waals surface area contributed by atoms with Crippen LogP contribution < -0.4 is 5.73 Å². The van der Waals surface area contributed by atoms with Gasteiger partial charge in [-0.2, -0.15) is 0 Å². The lowest BCUT2D eigenvalue weighted by Crippen LogP contribution is -2.29. The third kappa shape index (κ3) is 9.51. The van der Waals surface area contributed by atoms with Crippen LogP contribution in [0.1, 0.15) is 44.9 Å². The summed E-state index contributed by atoms with van der Waals surface area (Å²) in [5, 5.41) is 1.22. The molecule has 0 aliphatic carbocycles. The van der Waals surface area contributed by atoms with Crippen LogP contribution in [0.5, 0.6) is 0 Å². The fraction of sp³-hybridized carbons (Fsp3) is 0.308. The molecular formula is C26H35N5O2. The molecule has 7 heteroatoms. The lowest BCUT2D eigenvalue weighted by molar-refractivity contribution is -0.108. The molecular weight excluding hydrogens is 414 g/mol. The smallest absolute Gasteiger partial charge is 0.167 e. The number of hydrogen-bond donors (Lipinski definition) is 2. The Morgan fingerprint density at radius 3 is 2.52 bits per heavy atom. The molecule has 3 N–H and O–H groups in total. The van der Waals surface area contributed by atoms with Gasteiger partial charge in [0.05, 0.1) is 18.4 Å². The van der Waals surface area contributed by atoms with Gasteiger partial charge in [0.15, 0.2) is 6.29 Å². The lowest BCUT2D eigenvalue weighted by Gasteiger charge is -2.18. The Bertz CT molecular complexity index is 992. The Morgan fingerprint density at radius 2 is 1.91 bits per heavy atom. The Labute approximate surface area is 196 Å². The molecule has 0 atom stereocenters. The van der Waals surface area contributed by atoms with Crippen molar-refractivity contribution in [1.82, 2.24) is 14.9 Å². The zero-order valence-corrected chi connectivity index (χ0v) is 20.0. The predicted molar refractivity (Wildman–Crippen MR) is 136 cm³/mol. The molecule has 2 heterocycles. The minimum atomic E-state index is 0.0305. The van der Waals surface area contributed by atoms with Gasteiger partial charge in [-0.15, -0.1) is 0 Å². The monoisotopic (exact) mass is 449 g/mol. The van der Waals surface area contributed by atoms with Crippen LogP contribution >= 0.6 is 0 Å². The molecule has 176 valence electrons. The summed E-state index contributed by atoms with van der Waals surface area (Å²) in [6.07, 6.45) is 9.94. The molecule has 0 aliphatic heterocycles. The predicted octanol–water partition coefficient (Wildman–Crippen LogP) is 4.49. The van der Waals surface area contributed by atoms with Crippen LogP contribution in [0, 0.1) is 0 Å². The number of carbonyl (C=O) groups excluding carboxylic acids is 2. The minimum absolute atomic E-state index is 0.0305. The molecule has 0 bridgehead atoms. The number of unbranched alkanes of at least 4 members (excludes halogenated alkanes) is 1. The second-order valence-corrected chi connectivity index (χ2v) is 6.97. The first-order chi connectivity index (χ1) is 16.1. The fourth-order valence-corrected chi connectivity index (χ4v) is 2.88. The van der Waals surface area contributed by atoms with Gasteiger partial charge in [-0.1, -0.05) is 57.5 Å². The highest BCUT2D eigenvalue weighted by molar-refractivity contribution is 5.99. The number of benzene rings is 1. The van der Waals surface area contributed by atoms with Crippen molar-refractivity contribution < 1.29 is 9.59 Å². The topological polar surface area (TPSA) is 104 Å². The van der Waals surface area contributed by atoms with Gasteiger partial charge in [-0.25, -0.2) is 4.99 Å². The Morgan fingerprint density at radius 1 is 1.18 bits per heavy atom. The molecule has 0 unspecified atom stereocenters. The van der Waals surface area contributed by atoms with E-state index in [0.29, 0.717) is 12.1 Å². The number of amidine groups is 1. The average Bonchev–Trinajstić information content (AvgIpc) is 3.28. The number of likely N-dealkylation sites (N-methyl/N-ethyl adjacent to an activating group) is 1. The molecule has 0 aliphatic rings. The summed E-state index contributed by atoms with van der Waals surface area (Å²) in [6, 6.07) is 13.6. The fourth-order valence-electron chi connectivity index (χ4n) is 2.88. The summed E-state index contributed by atoms with van der Waals surface area (Å²) in [6.45, 7) is 6.42. The van der Waals surface area contributed by atoms with E-state index in [1.807, 2.05) is 62.6 Å². The molecule has 0 amide bonds. The number of pyridine rings is 1. The number of nitrogens with two attached hydrogens (primary N) is 1. The van der Waals surface area contributed by atoms with Crippen LogP contribution in [0.3, 0.4) is 0 Å². The maximum Gasteiger partial charge on any atom is 0.167 e. The summed E-state index contributed by atoms with van der Waals surface area (Å²) in [4.78, 5) is 34.3. The normalized spacial score (nSPS) is 11.0. The quantitative estimate of drug-likeness (QED) is 0.228. The maximum atomic E-state index is 10.6. The zero-order valence-electron chi connectivity index (χ0n) is 20.0. The van der Waals surface area contributed by atoms with Crippen molar-refractivity contribution >= 4 is 29.3 Å². The average molecular weight is 450 g/mol. The van der Waals surface area contributed by atoms with Gasteiger partial charge in [0, 0.05) is 41.6 Å². The molecule has 0 saturated heterocycles. The Kier molecular flexibility index (Phi) is 13.2. The molecule has 0 fully saturated rings. The van der Waals surface area contributed by atoms with Gasteiger partial charge in [0.2, 0.25) is 0 Å². The van der Waals surface area contributed by atoms with E-state index < -0.39 is 0 Å². The van der Waals surface area contributed by atoms with Crippen molar-refractivity contribution in [2.75, 3.05) is 13.6 Å². The SMILES string of the molecule is CC.CCCCc1cc2cnccc2[nH]1.CN(CC=O)C(=N/C=C(/N)C=O)c1ccccc1. The van der Waals surface area contributed by atoms with Crippen molar-refractivity contribution in [3.05, 3.63) is 78.0 Å². The molecule has 2 aromatic heterocycles. The van der Waals surface area contributed by atoms with E-state index in [1.54, 1.807) is 11.9 Å². The highest BCUT2D eigenvalue weighted by atomic mass is 16.1. The van der Waals surface area contributed by atoms with E-state index in [2.05, 4.69) is 28.0 Å². The minimum Gasteiger partial charge on any atom is -0.395 e. The third-order valence-corrected chi connectivity index (χ3v) is 4.49. The van der Waals surface area contributed by atoms with Crippen molar-refractivity contribution in [2.45, 2.75) is 40.0 Å². The van der Waals surface area contributed by atoms with Crippen LogP contribution in [0.15, 0.2) is 71.7 Å². The van der Waals surface area contributed by atoms with Crippen LogP contribution in [-0.2, 0) is 16.0 Å². The maximum absolute atomic E-state index is 10.6. The number of nitrogens with zero attached hydrogens (tertiary/aromatic N) is 3. The molecule has 33 heavy (non-hydrogen) atoms. The number of carbonyl (C=O) groups is 2. The number of aldehydes is 2. The van der Waals surface area contributed by atoms with Gasteiger partial charge in [-0.05, 0) is 25.0 Å². The number of aromatic amines is 1. The van der Waals surface area contributed by atoms with Gasteiger partial charge >= 0.3 is 0 Å². The van der Waals surface area contributed by atoms with Crippen LogP contribution in [0.4, 0.5) is 0 Å². The number of allylic oxidation sites excluding steroid dienone is 1. The zero-order chi connectivity index (χ0) is 24.5. The van der Waals surface area contributed by atoms with Crippen molar-refractivity contribution in [1.29, 1.82) is 0 Å². The van der Waals surface area contributed by atoms with Crippen LogP contribution in [0.2, 0.25) is 0 Å². The van der Waals surface area contributed by atoms with Gasteiger partial charge in [-0.3, -0.25) is 9.78 Å². The summed E-state index contributed by atoms with van der Waals surface area (Å²) < 4.78 is 0. The molecule has 3 aromatic rings. The number of H-pyrrole nitrogens is 1. The van der Waals surface area contributed by atoms with Gasteiger partial charge in [0.25, 0.3) is 0 Å². The van der Waals surface area contributed by atoms with Gasteiger partial charge < -0.3 is 20.4 Å². The Hall–Kier alpha value is -3.74. The first-order valence-corrected chi connectivity index (χ1v) is 11.2.